The Balaban J connectivity index is 2.83. The molecule has 0 rings (SSSR count). The third-order valence-electron chi connectivity index (χ3n) is 0.226. The van der Waals surface area contributed by atoms with Gasteiger partial charge in [0.1, 0.15) is 6.73 Å². The Morgan fingerprint density at radius 3 is 2.33 bits per heavy atom. The van der Waals surface area contributed by atoms with Gasteiger partial charge in [-0.25, -0.2) is 4.79 Å². The summed E-state index contributed by atoms with van der Waals surface area (Å²) in [6, 6.07) is 0. The molecule has 0 saturated heterocycles. The van der Waals surface area contributed by atoms with Crippen LogP contribution >= 0.6 is 0 Å². The highest BCUT2D eigenvalue weighted by atomic mass is 16.6. The minimum Gasteiger partial charge on any atom is -0.434 e. The molecule has 4 heteroatoms. The molecule has 0 unspecified atom stereocenters. The number of nitrogens with two attached hydrogens (primary N) is 2. The van der Waals surface area contributed by atoms with Gasteiger partial charge in [-0.2, -0.15) is 0 Å². The SMILES string of the molecule is NCOC(N)=O. The van der Waals surface area contributed by atoms with Crippen molar-refractivity contribution < 1.29 is 9.53 Å². The van der Waals surface area contributed by atoms with Crippen molar-refractivity contribution in [2.75, 3.05) is 6.73 Å². The zero-order chi connectivity index (χ0) is 4.99. The average Bonchev–Trinajstić information content (AvgIpc) is 1.35. The summed E-state index contributed by atoms with van der Waals surface area (Å²) in [4.78, 5) is 9.52. The summed E-state index contributed by atoms with van der Waals surface area (Å²) in [5, 5.41) is 0. The Kier molecular flexibility index (Phi) is 2.15. The van der Waals surface area contributed by atoms with Gasteiger partial charge < -0.3 is 10.5 Å². The van der Waals surface area contributed by atoms with Crippen LogP contribution < -0.4 is 11.5 Å². The highest BCUT2D eigenvalue weighted by Gasteiger charge is 1.82. The van der Waals surface area contributed by atoms with Gasteiger partial charge in [0.05, 0.1) is 0 Å². The van der Waals surface area contributed by atoms with Gasteiger partial charge in [0.25, 0.3) is 0 Å². The molecule has 0 spiro atoms. The molecule has 0 aliphatic rings. The lowest BCUT2D eigenvalue weighted by Crippen LogP contribution is -2.17. The summed E-state index contributed by atoms with van der Waals surface area (Å²) in [5.74, 6) is 0. The van der Waals surface area contributed by atoms with Crippen LogP contribution in [0.4, 0.5) is 4.79 Å². The molecule has 36 valence electrons. The molecule has 0 aliphatic carbocycles. The first-order valence-electron chi connectivity index (χ1n) is 1.39. The normalized spacial score (nSPS) is 7.50. The summed E-state index contributed by atoms with van der Waals surface area (Å²) in [5.41, 5.74) is 9.17. The van der Waals surface area contributed by atoms with Crippen molar-refractivity contribution in [3.8, 4) is 0 Å². The number of hydrogen-bond acceptors (Lipinski definition) is 3. The first-order valence-corrected chi connectivity index (χ1v) is 1.39. The van der Waals surface area contributed by atoms with E-state index >= 15 is 0 Å². The van der Waals surface area contributed by atoms with Gasteiger partial charge in [0, 0.05) is 0 Å². The summed E-state index contributed by atoms with van der Waals surface area (Å²) < 4.78 is 3.96. The van der Waals surface area contributed by atoms with Crippen molar-refractivity contribution >= 4 is 6.09 Å². The van der Waals surface area contributed by atoms with E-state index in [0.717, 1.165) is 0 Å². The van der Waals surface area contributed by atoms with Gasteiger partial charge in [-0.1, -0.05) is 0 Å². The Hall–Kier alpha value is -0.770. The fourth-order valence-electron chi connectivity index (χ4n) is 0.0821. The summed E-state index contributed by atoms with van der Waals surface area (Å²) in [7, 11) is 0. The zero-order valence-electron chi connectivity index (χ0n) is 3.18. The fraction of sp³-hybridized carbons (Fsp3) is 0.500. The van der Waals surface area contributed by atoms with E-state index < -0.39 is 6.09 Å². The molecule has 4 N–H and O–H groups in total. The molecule has 0 saturated carbocycles. The van der Waals surface area contributed by atoms with Crippen molar-refractivity contribution in [2.45, 2.75) is 0 Å². The van der Waals surface area contributed by atoms with Gasteiger partial charge in [-0.3, -0.25) is 5.73 Å². The lowest BCUT2D eigenvalue weighted by molar-refractivity contribution is 0.160. The Bertz CT molecular complexity index is 53.5. The first-order chi connectivity index (χ1) is 2.77. The second-order valence-corrected chi connectivity index (χ2v) is 0.630. The van der Waals surface area contributed by atoms with E-state index in [4.69, 9.17) is 5.73 Å². The number of rotatable bonds is 1. The predicted molar refractivity (Wildman–Crippen MR) is 19.7 cm³/mol. The van der Waals surface area contributed by atoms with Gasteiger partial charge >= 0.3 is 6.09 Å². The molecule has 0 atom stereocenters. The second-order valence-electron chi connectivity index (χ2n) is 0.630. The number of carbonyl (C=O) groups is 1. The van der Waals surface area contributed by atoms with Crippen molar-refractivity contribution in [1.82, 2.24) is 0 Å². The molecule has 0 radical (unpaired) electrons. The van der Waals surface area contributed by atoms with Gasteiger partial charge in [-0.05, 0) is 0 Å². The Morgan fingerprint density at radius 1 is 1.83 bits per heavy atom. The zero-order valence-corrected chi connectivity index (χ0v) is 3.18. The van der Waals surface area contributed by atoms with Crippen molar-refractivity contribution in [1.29, 1.82) is 0 Å². The van der Waals surface area contributed by atoms with E-state index in [1.54, 1.807) is 0 Å². The summed E-state index contributed by atoms with van der Waals surface area (Å²) in [6.45, 7) is -0.144. The van der Waals surface area contributed by atoms with Crippen molar-refractivity contribution in [3.05, 3.63) is 0 Å². The lowest BCUT2D eigenvalue weighted by Gasteiger charge is -1.89. The predicted octanol–water partition coefficient (Wildman–Crippen LogP) is -1.00. The largest absolute Gasteiger partial charge is 0.434 e. The van der Waals surface area contributed by atoms with Crippen molar-refractivity contribution in [2.24, 2.45) is 11.5 Å². The van der Waals surface area contributed by atoms with Crippen LogP contribution in [-0.4, -0.2) is 12.8 Å². The minimum absolute atomic E-state index is 0.144. The highest BCUT2D eigenvalue weighted by Crippen LogP contribution is 1.60. The number of amides is 1. The molecule has 0 aromatic rings. The Morgan fingerprint density at radius 2 is 2.33 bits per heavy atom. The molecule has 0 heterocycles. The van der Waals surface area contributed by atoms with E-state index in [2.05, 4.69) is 10.5 Å². The minimum atomic E-state index is -0.836. The van der Waals surface area contributed by atoms with Crippen molar-refractivity contribution in [3.63, 3.8) is 0 Å². The molecule has 0 fully saturated rings. The second kappa shape index (κ2) is 2.47. The van der Waals surface area contributed by atoms with E-state index in [1.165, 1.54) is 0 Å². The number of carbonyl (C=O) groups excluding carboxylic acids is 1. The van der Waals surface area contributed by atoms with Crippen LogP contribution in [0.2, 0.25) is 0 Å². The molecule has 1 amide bonds. The summed E-state index contributed by atoms with van der Waals surface area (Å²) in [6.07, 6.45) is -0.836. The molecule has 4 nitrogen and oxygen atoms in total. The fourth-order valence-corrected chi connectivity index (χ4v) is 0.0821. The van der Waals surface area contributed by atoms with Gasteiger partial charge in [-0.15, -0.1) is 0 Å². The number of ether oxygens (including phenoxy) is 1. The first kappa shape index (κ1) is 5.23. The standard InChI is InChI=1S/C2H6N2O2/c3-1-6-2(4)5/h1,3H2,(H2,4,5). The number of hydrogen-bond donors (Lipinski definition) is 2. The quantitative estimate of drug-likeness (QED) is 0.405. The Labute approximate surface area is 35.1 Å². The maximum Gasteiger partial charge on any atom is 0.405 e. The lowest BCUT2D eigenvalue weighted by atomic mass is 11.2. The molecule has 0 aromatic carbocycles. The average molecular weight is 90.1 g/mol. The maximum absolute atomic E-state index is 9.52. The van der Waals surface area contributed by atoms with E-state index in [0.29, 0.717) is 0 Å². The van der Waals surface area contributed by atoms with Crippen LogP contribution in [0.3, 0.4) is 0 Å². The van der Waals surface area contributed by atoms with E-state index in [-0.39, 0.29) is 6.73 Å². The van der Waals surface area contributed by atoms with E-state index in [1.807, 2.05) is 0 Å². The van der Waals surface area contributed by atoms with Crippen LogP contribution in [0, 0.1) is 0 Å². The van der Waals surface area contributed by atoms with E-state index in [9.17, 15) is 4.79 Å². The highest BCUT2D eigenvalue weighted by molar-refractivity contribution is 5.64. The molecular formula is C2H6N2O2. The molecule has 0 aromatic heterocycles. The van der Waals surface area contributed by atoms with Gasteiger partial charge in [0.2, 0.25) is 0 Å². The van der Waals surface area contributed by atoms with Crippen LogP contribution in [0.25, 0.3) is 0 Å². The van der Waals surface area contributed by atoms with Crippen LogP contribution in [0.5, 0.6) is 0 Å². The van der Waals surface area contributed by atoms with Gasteiger partial charge in [0.15, 0.2) is 0 Å². The maximum atomic E-state index is 9.52. The molecular weight excluding hydrogens is 84.0 g/mol. The third-order valence-corrected chi connectivity index (χ3v) is 0.226. The monoisotopic (exact) mass is 90.0 g/mol. The number of primary amides is 1. The topological polar surface area (TPSA) is 78.3 Å². The molecule has 0 bridgehead atoms. The molecule has 6 heavy (non-hydrogen) atoms. The van der Waals surface area contributed by atoms with Crippen LogP contribution in [0.15, 0.2) is 0 Å². The van der Waals surface area contributed by atoms with Crippen LogP contribution in [0.1, 0.15) is 0 Å². The summed E-state index contributed by atoms with van der Waals surface area (Å²) >= 11 is 0. The molecule has 0 aliphatic heterocycles. The third kappa shape index (κ3) is 3.23. The smallest absolute Gasteiger partial charge is 0.405 e. The van der Waals surface area contributed by atoms with Crippen LogP contribution in [-0.2, 0) is 4.74 Å².